The van der Waals surface area contributed by atoms with E-state index < -0.39 is 11.7 Å². The topological polar surface area (TPSA) is 48.0 Å². The molecule has 0 aromatic carbocycles. The van der Waals surface area contributed by atoms with Crippen LogP contribution in [0.1, 0.15) is 41.0 Å². The predicted molar refractivity (Wildman–Crippen MR) is 84.1 cm³/mol. The molecular formula is C17H29NO4. The summed E-state index contributed by atoms with van der Waals surface area (Å²) in [5.41, 5.74) is -0.141. The first-order valence-corrected chi connectivity index (χ1v) is 8.03. The maximum Gasteiger partial charge on any atom is 0.233 e. The number of carbonyl (C=O) groups is 1. The molecule has 2 aliphatic heterocycles. The summed E-state index contributed by atoms with van der Waals surface area (Å²) >= 11 is 0. The first-order chi connectivity index (χ1) is 10.2. The normalized spacial score (nSPS) is 29.6. The van der Waals surface area contributed by atoms with Crippen molar-refractivity contribution in [1.82, 2.24) is 4.90 Å². The SMILES string of the molecule is C=CCC(C(=O)N1[C@@H](C)CO[C@@H]1C(C)(C)C)C1(C)OCCO1. The van der Waals surface area contributed by atoms with E-state index in [2.05, 4.69) is 27.4 Å². The molecule has 0 aromatic heterocycles. The van der Waals surface area contributed by atoms with Crippen molar-refractivity contribution in [2.45, 2.75) is 59.1 Å². The van der Waals surface area contributed by atoms with Crippen LogP contribution in [0.2, 0.25) is 0 Å². The minimum atomic E-state index is -0.879. The molecule has 1 amide bonds. The highest BCUT2D eigenvalue weighted by Gasteiger charge is 2.50. The predicted octanol–water partition coefficient (Wildman–Crippen LogP) is 2.56. The zero-order valence-electron chi connectivity index (χ0n) is 14.4. The van der Waals surface area contributed by atoms with Gasteiger partial charge in [-0.05, 0) is 20.3 Å². The quantitative estimate of drug-likeness (QED) is 0.749. The molecule has 0 bridgehead atoms. The highest BCUT2D eigenvalue weighted by atomic mass is 16.7. The smallest absolute Gasteiger partial charge is 0.233 e. The second kappa shape index (κ2) is 6.30. The minimum absolute atomic E-state index is 0.0224. The Morgan fingerprint density at radius 2 is 2.00 bits per heavy atom. The van der Waals surface area contributed by atoms with Crippen molar-refractivity contribution < 1.29 is 19.0 Å². The van der Waals surface area contributed by atoms with Crippen molar-refractivity contribution in [3.05, 3.63) is 12.7 Å². The van der Waals surface area contributed by atoms with E-state index in [9.17, 15) is 4.79 Å². The molecule has 0 radical (unpaired) electrons. The monoisotopic (exact) mass is 311 g/mol. The molecule has 0 aromatic rings. The Labute approximate surface area is 133 Å². The Bertz CT molecular complexity index is 423. The molecule has 126 valence electrons. The molecular weight excluding hydrogens is 282 g/mol. The zero-order valence-corrected chi connectivity index (χ0v) is 14.4. The summed E-state index contributed by atoms with van der Waals surface area (Å²) in [6.07, 6.45) is 2.05. The molecule has 5 heteroatoms. The highest BCUT2D eigenvalue weighted by Crippen LogP contribution is 2.37. The molecule has 2 aliphatic rings. The van der Waals surface area contributed by atoms with E-state index in [0.717, 1.165) is 0 Å². The van der Waals surface area contributed by atoms with E-state index in [1.54, 1.807) is 6.08 Å². The summed E-state index contributed by atoms with van der Waals surface area (Å²) in [6, 6.07) is 0.0500. The summed E-state index contributed by atoms with van der Waals surface area (Å²) in [5.74, 6) is -1.26. The molecule has 3 atom stereocenters. The van der Waals surface area contributed by atoms with Gasteiger partial charge in [0.2, 0.25) is 5.91 Å². The third kappa shape index (κ3) is 3.21. The number of hydrogen-bond acceptors (Lipinski definition) is 4. The lowest BCUT2D eigenvalue weighted by Gasteiger charge is -2.40. The largest absolute Gasteiger partial charge is 0.356 e. The van der Waals surface area contributed by atoms with Crippen molar-refractivity contribution in [3.63, 3.8) is 0 Å². The van der Waals surface area contributed by atoms with Gasteiger partial charge < -0.3 is 19.1 Å². The number of rotatable bonds is 4. The summed E-state index contributed by atoms with van der Waals surface area (Å²) in [7, 11) is 0. The van der Waals surface area contributed by atoms with Gasteiger partial charge in [-0.1, -0.05) is 26.8 Å². The Morgan fingerprint density at radius 3 is 2.50 bits per heavy atom. The number of allylic oxidation sites excluding steroid dienone is 1. The van der Waals surface area contributed by atoms with Crippen molar-refractivity contribution in [2.75, 3.05) is 19.8 Å². The summed E-state index contributed by atoms with van der Waals surface area (Å²) in [6.45, 7) is 15.5. The molecule has 5 nitrogen and oxygen atoms in total. The van der Waals surface area contributed by atoms with Gasteiger partial charge in [-0.2, -0.15) is 0 Å². The van der Waals surface area contributed by atoms with Crippen LogP contribution in [0.4, 0.5) is 0 Å². The standard InChI is InChI=1S/C17H29NO4/c1-7-8-13(17(6)21-9-10-22-17)14(19)18-12(2)11-20-15(18)16(3,4)5/h7,12-13,15H,1,8-11H2,2-6H3/t12-,13?,15+/m0/s1. The van der Waals surface area contributed by atoms with Gasteiger partial charge in [0.05, 0.1) is 31.8 Å². The number of amides is 1. The lowest BCUT2D eigenvalue weighted by molar-refractivity contribution is -0.197. The van der Waals surface area contributed by atoms with Crippen molar-refractivity contribution >= 4 is 5.91 Å². The van der Waals surface area contributed by atoms with Crippen molar-refractivity contribution in [1.29, 1.82) is 0 Å². The zero-order chi connectivity index (χ0) is 16.5. The molecule has 0 saturated carbocycles. The first kappa shape index (κ1) is 17.4. The molecule has 0 aliphatic carbocycles. The average Bonchev–Trinajstić information content (AvgIpc) is 3.01. The fourth-order valence-corrected chi connectivity index (χ4v) is 3.24. The molecule has 2 rings (SSSR count). The third-order valence-corrected chi connectivity index (χ3v) is 4.41. The van der Waals surface area contributed by atoms with E-state index in [-0.39, 0.29) is 23.6 Å². The molecule has 0 spiro atoms. The highest BCUT2D eigenvalue weighted by molar-refractivity contribution is 5.81. The van der Waals surface area contributed by atoms with Crippen LogP contribution >= 0.6 is 0 Å². The molecule has 0 N–H and O–H groups in total. The summed E-state index contributed by atoms with van der Waals surface area (Å²) in [5, 5.41) is 0. The molecule has 2 fully saturated rings. The molecule has 2 heterocycles. The van der Waals surface area contributed by atoms with Crippen LogP contribution in [-0.4, -0.2) is 48.7 Å². The van der Waals surface area contributed by atoms with Gasteiger partial charge in [0, 0.05) is 5.41 Å². The van der Waals surface area contributed by atoms with Gasteiger partial charge in [-0.25, -0.2) is 0 Å². The van der Waals surface area contributed by atoms with Gasteiger partial charge in [0.15, 0.2) is 5.79 Å². The fourth-order valence-electron chi connectivity index (χ4n) is 3.24. The Morgan fingerprint density at radius 1 is 1.41 bits per heavy atom. The van der Waals surface area contributed by atoms with Crippen LogP contribution in [0.15, 0.2) is 12.7 Å². The van der Waals surface area contributed by atoms with Gasteiger partial charge in [-0.3, -0.25) is 4.79 Å². The maximum absolute atomic E-state index is 13.2. The van der Waals surface area contributed by atoms with Crippen molar-refractivity contribution in [3.8, 4) is 0 Å². The molecule has 22 heavy (non-hydrogen) atoms. The van der Waals surface area contributed by atoms with Crippen LogP contribution in [0.3, 0.4) is 0 Å². The Hall–Kier alpha value is -0.910. The van der Waals surface area contributed by atoms with E-state index in [1.807, 2.05) is 18.7 Å². The second-order valence-electron chi connectivity index (χ2n) is 7.44. The van der Waals surface area contributed by atoms with Gasteiger partial charge in [0.1, 0.15) is 6.23 Å². The Kier molecular flexibility index (Phi) is 5.00. The van der Waals surface area contributed by atoms with Gasteiger partial charge in [-0.15, -0.1) is 6.58 Å². The van der Waals surface area contributed by atoms with Crippen LogP contribution in [0, 0.1) is 11.3 Å². The number of hydrogen-bond donors (Lipinski definition) is 0. The van der Waals surface area contributed by atoms with Crippen molar-refractivity contribution in [2.24, 2.45) is 11.3 Å². The minimum Gasteiger partial charge on any atom is -0.356 e. The summed E-state index contributed by atoms with van der Waals surface area (Å²) in [4.78, 5) is 15.1. The number of ether oxygens (including phenoxy) is 3. The van der Waals surface area contributed by atoms with E-state index in [1.165, 1.54) is 0 Å². The average molecular weight is 311 g/mol. The summed E-state index contributed by atoms with van der Waals surface area (Å²) < 4.78 is 17.4. The van der Waals surface area contributed by atoms with E-state index in [4.69, 9.17) is 14.2 Å². The maximum atomic E-state index is 13.2. The van der Waals surface area contributed by atoms with Gasteiger partial charge in [0.25, 0.3) is 0 Å². The molecule has 1 unspecified atom stereocenters. The second-order valence-corrected chi connectivity index (χ2v) is 7.44. The Balaban J connectivity index is 2.27. The fraction of sp³-hybridized carbons (Fsp3) is 0.824. The van der Waals surface area contributed by atoms with Crippen LogP contribution in [-0.2, 0) is 19.0 Å². The number of nitrogens with zero attached hydrogens (tertiary/aromatic N) is 1. The third-order valence-electron chi connectivity index (χ3n) is 4.41. The molecule has 2 saturated heterocycles. The van der Waals surface area contributed by atoms with E-state index in [0.29, 0.717) is 26.2 Å². The van der Waals surface area contributed by atoms with Crippen LogP contribution < -0.4 is 0 Å². The lowest BCUT2D eigenvalue weighted by atomic mass is 9.89. The first-order valence-electron chi connectivity index (χ1n) is 8.03. The van der Waals surface area contributed by atoms with Crippen LogP contribution in [0.25, 0.3) is 0 Å². The number of carbonyl (C=O) groups excluding carboxylic acids is 1. The lowest BCUT2D eigenvalue weighted by Crippen LogP contribution is -2.53. The van der Waals surface area contributed by atoms with E-state index >= 15 is 0 Å². The van der Waals surface area contributed by atoms with Crippen LogP contribution in [0.5, 0.6) is 0 Å². The van der Waals surface area contributed by atoms with Gasteiger partial charge >= 0.3 is 0 Å².